The molecule has 0 radical (unpaired) electrons. The summed E-state index contributed by atoms with van der Waals surface area (Å²) in [4.78, 5) is 18.2. The van der Waals surface area contributed by atoms with E-state index >= 15 is 0 Å². The molecule has 9 heteroatoms. The van der Waals surface area contributed by atoms with E-state index in [-0.39, 0.29) is 41.9 Å². The first-order chi connectivity index (χ1) is 11.9. The third-order valence-electron chi connectivity index (χ3n) is 3.73. The maximum atomic E-state index is 13.2. The smallest absolute Gasteiger partial charge is 0.259 e. The summed E-state index contributed by atoms with van der Waals surface area (Å²) in [5.74, 6) is -0.497. The van der Waals surface area contributed by atoms with Gasteiger partial charge in [-0.15, -0.1) is 0 Å². The molecule has 0 N–H and O–H groups in total. The van der Waals surface area contributed by atoms with E-state index in [0.717, 1.165) is 0 Å². The van der Waals surface area contributed by atoms with Crippen LogP contribution in [0.5, 0.6) is 11.6 Å². The lowest BCUT2D eigenvalue weighted by Crippen LogP contribution is -2.43. The summed E-state index contributed by atoms with van der Waals surface area (Å²) in [6.07, 6.45) is 1.48. The highest BCUT2D eigenvalue weighted by Gasteiger charge is 2.28. The van der Waals surface area contributed by atoms with Gasteiger partial charge >= 0.3 is 0 Å². The molecule has 1 aromatic heterocycles. The molecule has 1 amide bonds. The van der Waals surface area contributed by atoms with Crippen molar-refractivity contribution in [1.82, 2.24) is 9.88 Å². The standard InChI is InChI=1S/C16H14BrFN2O4S/c17-13-10-11(18)3-4-14(13)24-15-12(2-1-5-19-15)16(21)20-6-8-25(22,23)9-7-20/h1-5,10H,6-9H2. The Balaban J connectivity index is 1.84. The van der Waals surface area contributed by atoms with Crippen molar-refractivity contribution < 1.29 is 22.3 Å². The Kier molecular flexibility index (Phi) is 5.05. The van der Waals surface area contributed by atoms with Crippen molar-refractivity contribution in [3.8, 4) is 11.6 Å². The second-order valence-corrected chi connectivity index (χ2v) is 8.63. The van der Waals surface area contributed by atoms with Gasteiger partial charge in [0.25, 0.3) is 5.91 Å². The zero-order chi connectivity index (χ0) is 18.0. The van der Waals surface area contributed by atoms with Crippen LogP contribution in [0.15, 0.2) is 41.0 Å². The predicted molar refractivity (Wildman–Crippen MR) is 93.0 cm³/mol. The Hall–Kier alpha value is -2.00. The summed E-state index contributed by atoms with van der Waals surface area (Å²) in [7, 11) is -3.08. The average Bonchev–Trinajstić information content (AvgIpc) is 2.57. The molecular weight excluding hydrogens is 415 g/mol. The van der Waals surface area contributed by atoms with Crippen molar-refractivity contribution in [1.29, 1.82) is 0 Å². The highest BCUT2D eigenvalue weighted by atomic mass is 79.9. The Bertz CT molecular complexity index is 906. The number of rotatable bonds is 3. The normalized spacial score (nSPS) is 16.5. The van der Waals surface area contributed by atoms with Gasteiger partial charge in [-0.1, -0.05) is 0 Å². The second kappa shape index (κ2) is 7.09. The zero-order valence-electron chi connectivity index (χ0n) is 13.0. The van der Waals surface area contributed by atoms with Crippen LogP contribution in [-0.2, 0) is 9.84 Å². The van der Waals surface area contributed by atoms with Gasteiger partial charge in [-0.2, -0.15) is 0 Å². The van der Waals surface area contributed by atoms with Crippen molar-refractivity contribution in [2.75, 3.05) is 24.6 Å². The van der Waals surface area contributed by atoms with Gasteiger partial charge in [-0.25, -0.2) is 17.8 Å². The van der Waals surface area contributed by atoms with E-state index in [0.29, 0.717) is 10.2 Å². The van der Waals surface area contributed by atoms with Gasteiger partial charge in [0, 0.05) is 19.3 Å². The van der Waals surface area contributed by atoms with Gasteiger partial charge in [0.05, 0.1) is 16.0 Å². The van der Waals surface area contributed by atoms with Crippen molar-refractivity contribution in [2.24, 2.45) is 0 Å². The topological polar surface area (TPSA) is 76.6 Å². The molecule has 2 aromatic rings. The molecule has 132 valence electrons. The number of aromatic nitrogens is 1. The minimum absolute atomic E-state index is 0.0568. The van der Waals surface area contributed by atoms with Gasteiger partial charge < -0.3 is 9.64 Å². The van der Waals surface area contributed by atoms with Gasteiger partial charge in [-0.3, -0.25) is 4.79 Å². The molecule has 0 atom stereocenters. The van der Waals surface area contributed by atoms with Crippen molar-refractivity contribution in [2.45, 2.75) is 0 Å². The summed E-state index contributed by atoms with van der Waals surface area (Å²) in [5.41, 5.74) is 0.220. The van der Waals surface area contributed by atoms with Crippen LogP contribution < -0.4 is 4.74 Å². The number of ether oxygens (including phenoxy) is 1. The molecule has 3 rings (SSSR count). The number of hydrogen-bond acceptors (Lipinski definition) is 5. The van der Waals surface area contributed by atoms with E-state index in [1.54, 1.807) is 12.1 Å². The molecule has 1 aliphatic heterocycles. The van der Waals surface area contributed by atoms with Crippen LogP contribution in [0.2, 0.25) is 0 Å². The van der Waals surface area contributed by atoms with Crippen molar-refractivity contribution in [3.05, 3.63) is 52.4 Å². The van der Waals surface area contributed by atoms with Gasteiger partial charge in [0.1, 0.15) is 17.1 Å². The molecule has 1 aliphatic rings. The van der Waals surface area contributed by atoms with Crippen LogP contribution in [-0.4, -0.2) is 48.8 Å². The van der Waals surface area contributed by atoms with Gasteiger partial charge in [0.15, 0.2) is 9.84 Å². The molecular formula is C16H14BrFN2O4S. The van der Waals surface area contributed by atoms with Crippen LogP contribution in [0, 0.1) is 5.82 Å². The molecule has 1 aromatic carbocycles. The molecule has 6 nitrogen and oxygen atoms in total. The number of halogens is 2. The minimum Gasteiger partial charge on any atom is -0.437 e. The Morgan fingerprint density at radius 3 is 2.64 bits per heavy atom. The highest BCUT2D eigenvalue weighted by Crippen LogP contribution is 2.31. The molecule has 0 bridgehead atoms. The van der Waals surface area contributed by atoms with E-state index < -0.39 is 15.7 Å². The summed E-state index contributed by atoms with van der Waals surface area (Å²) in [6, 6.07) is 7.07. The fourth-order valence-corrected chi connectivity index (χ4v) is 4.02. The summed E-state index contributed by atoms with van der Waals surface area (Å²) < 4.78 is 42.3. The monoisotopic (exact) mass is 428 g/mol. The summed E-state index contributed by atoms with van der Waals surface area (Å²) in [5, 5.41) is 0. The number of nitrogens with zero attached hydrogens (tertiary/aromatic N) is 2. The maximum Gasteiger partial charge on any atom is 0.259 e. The van der Waals surface area contributed by atoms with Gasteiger partial charge in [-0.05, 0) is 46.3 Å². The first-order valence-electron chi connectivity index (χ1n) is 7.43. The second-order valence-electron chi connectivity index (χ2n) is 5.48. The lowest BCUT2D eigenvalue weighted by Gasteiger charge is -2.27. The highest BCUT2D eigenvalue weighted by molar-refractivity contribution is 9.10. The van der Waals surface area contributed by atoms with Crippen LogP contribution in [0.25, 0.3) is 0 Å². The third-order valence-corrected chi connectivity index (χ3v) is 5.96. The molecule has 0 unspecified atom stereocenters. The number of carbonyl (C=O) groups is 1. The number of sulfone groups is 1. The molecule has 1 fully saturated rings. The fourth-order valence-electron chi connectivity index (χ4n) is 2.38. The average molecular weight is 429 g/mol. The number of hydrogen-bond donors (Lipinski definition) is 0. The third kappa shape index (κ3) is 4.16. The van der Waals surface area contributed by atoms with E-state index in [2.05, 4.69) is 20.9 Å². The first-order valence-corrected chi connectivity index (χ1v) is 10.0. The molecule has 1 saturated heterocycles. The molecule has 2 heterocycles. The SMILES string of the molecule is O=C(c1cccnc1Oc1ccc(F)cc1Br)N1CCS(=O)(=O)CC1. The maximum absolute atomic E-state index is 13.2. The largest absolute Gasteiger partial charge is 0.437 e. The quantitative estimate of drug-likeness (QED) is 0.750. The molecule has 0 spiro atoms. The van der Waals surface area contributed by atoms with E-state index in [4.69, 9.17) is 4.74 Å². The predicted octanol–water partition coefficient (Wildman–Crippen LogP) is 2.65. The Morgan fingerprint density at radius 2 is 1.96 bits per heavy atom. The van der Waals surface area contributed by atoms with E-state index in [1.807, 2.05) is 0 Å². The van der Waals surface area contributed by atoms with Crippen LogP contribution in [0.3, 0.4) is 0 Å². The number of carbonyl (C=O) groups excluding carboxylic acids is 1. The lowest BCUT2D eigenvalue weighted by atomic mass is 10.2. The number of pyridine rings is 1. The van der Waals surface area contributed by atoms with Gasteiger partial charge in [0.2, 0.25) is 5.88 Å². The summed E-state index contributed by atoms with van der Waals surface area (Å²) in [6.45, 7) is 0.269. The summed E-state index contributed by atoms with van der Waals surface area (Å²) >= 11 is 3.20. The fraction of sp³-hybridized carbons (Fsp3) is 0.250. The Morgan fingerprint density at radius 1 is 1.24 bits per heavy atom. The molecule has 25 heavy (non-hydrogen) atoms. The number of amides is 1. The van der Waals surface area contributed by atoms with Crippen molar-refractivity contribution in [3.63, 3.8) is 0 Å². The Labute approximate surface area is 152 Å². The lowest BCUT2D eigenvalue weighted by molar-refractivity contribution is 0.0767. The first kappa shape index (κ1) is 17.8. The van der Waals surface area contributed by atoms with Crippen LogP contribution >= 0.6 is 15.9 Å². The zero-order valence-corrected chi connectivity index (χ0v) is 15.4. The van der Waals surface area contributed by atoms with E-state index in [1.165, 1.54) is 29.3 Å². The molecule has 0 saturated carbocycles. The van der Waals surface area contributed by atoms with Crippen LogP contribution in [0.4, 0.5) is 4.39 Å². The minimum atomic E-state index is -3.08. The van der Waals surface area contributed by atoms with E-state index in [9.17, 15) is 17.6 Å². The molecule has 0 aliphatic carbocycles. The number of benzene rings is 1. The van der Waals surface area contributed by atoms with Crippen LogP contribution in [0.1, 0.15) is 10.4 Å². The van der Waals surface area contributed by atoms with Crippen molar-refractivity contribution >= 4 is 31.7 Å².